The van der Waals surface area contributed by atoms with E-state index in [9.17, 15) is 4.79 Å². The molecule has 188 valence electrons. The molecule has 0 radical (unpaired) electrons. The van der Waals surface area contributed by atoms with Crippen LogP contribution in [0.15, 0.2) is 30.5 Å². The van der Waals surface area contributed by atoms with Crippen LogP contribution < -0.4 is 20.3 Å². The molecule has 10 heteroatoms. The minimum Gasteiger partial charge on any atom is -0.497 e. The second kappa shape index (κ2) is 9.59. The third-order valence-electron chi connectivity index (χ3n) is 6.15. The number of nitrogens with zero attached hydrogens (tertiary/aromatic N) is 5. The zero-order chi connectivity index (χ0) is 25.2. The van der Waals surface area contributed by atoms with Gasteiger partial charge in [-0.3, -0.25) is 0 Å². The van der Waals surface area contributed by atoms with Gasteiger partial charge < -0.3 is 25.0 Å². The van der Waals surface area contributed by atoms with Crippen molar-refractivity contribution in [3.8, 4) is 5.75 Å². The van der Waals surface area contributed by atoms with Gasteiger partial charge in [0.25, 0.3) is 0 Å². The van der Waals surface area contributed by atoms with Crippen LogP contribution in [0.3, 0.4) is 0 Å². The highest BCUT2D eigenvalue weighted by atomic mass is 16.6. The largest absolute Gasteiger partial charge is 0.497 e. The predicted molar refractivity (Wildman–Crippen MR) is 136 cm³/mol. The number of hydrogen-bond acceptors (Lipinski definition) is 8. The maximum Gasteiger partial charge on any atom is 0.408 e. The van der Waals surface area contributed by atoms with Crippen LogP contribution in [0, 0.1) is 0 Å². The number of carbonyl (C=O) groups is 1. The maximum atomic E-state index is 12.3. The molecular weight excluding hydrogens is 446 g/mol. The van der Waals surface area contributed by atoms with Crippen LogP contribution in [-0.2, 0) is 11.3 Å². The highest BCUT2D eigenvalue weighted by molar-refractivity contribution is 5.84. The Morgan fingerprint density at radius 3 is 2.46 bits per heavy atom. The standard InChI is InChI=1S/C25H35N7O3/c1-24(2,3)35-23(33)29-25(4)11-13-31(14-12-25)19-15-27-20-21(26-5)30-32(22(20)28-19)16-17-7-9-18(34-6)10-8-17/h7-10,15H,11-14,16H2,1-6H3,(H,26,30)(H,29,33). The van der Waals surface area contributed by atoms with Crippen LogP contribution in [0.2, 0.25) is 0 Å². The van der Waals surface area contributed by atoms with Crippen molar-refractivity contribution in [3.63, 3.8) is 0 Å². The summed E-state index contributed by atoms with van der Waals surface area (Å²) in [5, 5.41) is 10.9. The average molecular weight is 482 g/mol. The van der Waals surface area contributed by atoms with Crippen molar-refractivity contribution in [2.24, 2.45) is 0 Å². The summed E-state index contributed by atoms with van der Waals surface area (Å²) in [5.74, 6) is 2.31. The number of amides is 1. The Hall–Kier alpha value is -3.56. The molecule has 2 aromatic heterocycles. The number of rotatable bonds is 6. The summed E-state index contributed by atoms with van der Waals surface area (Å²) >= 11 is 0. The van der Waals surface area contributed by atoms with E-state index in [0.29, 0.717) is 12.4 Å². The fourth-order valence-electron chi connectivity index (χ4n) is 4.17. The van der Waals surface area contributed by atoms with Crippen LogP contribution in [-0.4, -0.2) is 64.2 Å². The predicted octanol–water partition coefficient (Wildman–Crippen LogP) is 3.81. The molecule has 0 spiro atoms. The lowest BCUT2D eigenvalue weighted by atomic mass is 9.90. The normalized spacial score (nSPS) is 15.7. The second-order valence-electron chi connectivity index (χ2n) is 10.2. The molecule has 2 N–H and O–H groups in total. The van der Waals surface area contributed by atoms with E-state index in [1.807, 2.05) is 56.8 Å². The number of hydrogen-bond donors (Lipinski definition) is 2. The summed E-state index contributed by atoms with van der Waals surface area (Å²) in [6.07, 6.45) is 2.97. The summed E-state index contributed by atoms with van der Waals surface area (Å²) in [5.41, 5.74) is 1.70. The Labute approximate surface area is 206 Å². The molecule has 0 saturated carbocycles. The highest BCUT2D eigenvalue weighted by Crippen LogP contribution is 2.28. The highest BCUT2D eigenvalue weighted by Gasteiger charge is 2.33. The van der Waals surface area contributed by atoms with Crippen molar-refractivity contribution in [2.45, 2.75) is 58.2 Å². The first-order valence-electron chi connectivity index (χ1n) is 11.9. The van der Waals surface area contributed by atoms with Gasteiger partial charge in [-0.05, 0) is 58.2 Å². The molecule has 35 heavy (non-hydrogen) atoms. The molecule has 0 unspecified atom stereocenters. The van der Waals surface area contributed by atoms with Crippen LogP contribution >= 0.6 is 0 Å². The topological polar surface area (TPSA) is 106 Å². The van der Waals surface area contributed by atoms with Gasteiger partial charge in [-0.25, -0.2) is 19.4 Å². The molecule has 1 aliphatic rings. The van der Waals surface area contributed by atoms with Gasteiger partial charge in [-0.15, -0.1) is 0 Å². The number of nitrogens with one attached hydrogen (secondary N) is 2. The maximum absolute atomic E-state index is 12.3. The molecule has 1 saturated heterocycles. The van der Waals surface area contributed by atoms with Gasteiger partial charge in [0.2, 0.25) is 0 Å². The van der Waals surface area contributed by atoms with Crippen LogP contribution in [0.4, 0.5) is 16.4 Å². The number of piperidine rings is 1. The van der Waals surface area contributed by atoms with Crippen molar-refractivity contribution in [2.75, 3.05) is 37.5 Å². The number of carbonyl (C=O) groups excluding carboxylic acids is 1. The lowest BCUT2D eigenvalue weighted by Crippen LogP contribution is -2.54. The van der Waals surface area contributed by atoms with Crippen LogP contribution in [0.25, 0.3) is 11.2 Å². The molecule has 1 aromatic carbocycles. The van der Waals surface area contributed by atoms with E-state index in [1.54, 1.807) is 13.3 Å². The van der Waals surface area contributed by atoms with Gasteiger partial charge in [-0.1, -0.05) is 12.1 Å². The molecule has 1 fully saturated rings. The quantitative estimate of drug-likeness (QED) is 0.547. The molecular formula is C25H35N7O3. The first-order chi connectivity index (χ1) is 16.6. The lowest BCUT2D eigenvalue weighted by molar-refractivity contribution is 0.0448. The summed E-state index contributed by atoms with van der Waals surface area (Å²) in [4.78, 5) is 24.1. The average Bonchev–Trinajstić information content (AvgIpc) is 3.15. The van der Waals surface area contributed by atoms with E-state index in [0.717, 1.165) is 54.2 Å². The van der Waals surface area contributed by atoms with Gasteiger partial charge in [0.05, 0.1) is 19.9 Å². The Morgan fingerprint density at radius 1 is 1.17 bits per heavy atom. The number of benzene rings is 1. The van der Waals surface area contributed by atoms with E-state index < -0.39 is 5.60 Å². The van der Waals surface area contributed by atoms with Crippen LogP contribution in [0.5, 0.6) is 5.75 Å². The molecule has 0 atom stereocenters. The fourth-order valence-corrected chi connectivity index (χ4v) is 4.17. The molecule has 1 amide bonds. The van der Waals surface area contributed by atoms with Crippen molar-refractivity contribution in [3.05, 3.63) is 36.0 Å². The SMILES string of the molecule is CNc1nn(Cc2ccc(OC)cc2)c2nc(N3CCC(C)(NC(=O)OC(C)(C)C)CC3)cnc12. The number of alkyl carbamates (subject to hydrolysis) is 1. The van der Waals surface area contributed by atoms with Gasteiger partial charge in [0.15, 0.2) is 17.0 Å². The van der Waals surface area contributed by atoms with E-state index in [2.05, 4.69) is 32.5 Å². The monoisotopic (exact) mass is 481 g/mol. The number of aromatic nitrogens is 4. The van der Waals surface area contributed by atoms with Crippen molar-refractivity contribution < 1.29 is 14.3 Å². The first kappa shape index (κ1) is 24.6. The van der Waals surface area contributed by atoms with Crippen LogP contribution in [0.1, 0.15) is 46.1 Å². The molecule has 3 aromatic rings. The summed E-state index contributed by atoms with van der Waals surface area (Å²) < 4.78 is 12.6. The third kappa shape index (κ3) is 5.75. The Morgan fingerprint density at radius 2 is 1.86 bits per heavy atom. The Balaban J connectivity index is 1.50. The minimum absolute atomic E-state index is 0.328. The van der Waals surface area contributed by atoms with Gasteiger partial charge in [0.1, 0.15) is 17.2 Å². The van der Waals surface area contributed by atoms with E-state index in [-0.39, 0.29) is 11.6 Å². The molecule has 10 nitrogen and oxygen atoms in total. The summed E-state index contributed by atoms with van der Waals surface area (Å²) in [6, 6.07) is 7.91. The van der Waals surface area contributed by atoms with Crippen molar-refractivity contribution >= 4 is 28.9 Å². The van der Waals surface area contributed by atoms with Gasteiger partial charge in [-0.2, -0.15) is 5.10 Å². The van der Waals surface area contributed by atoms with E-state index >= 15 is 0 Å². The zero-order valence-corrected chi connectivity index (χ0v) is 21.4. The zero-order valence-electron chi connectivity index (χ0n) is 21.4. The molecule has 4 rings (SSSR count). The molecule has 0 bridgehead atoms. The second-order valence-corrected chi connectivity index (χ2v) is 10.2. The first-order valence-corrected chi connectivity index (χ1v) is 11.9. The van der Waals surface area contributed by atoms with Gasteiger partial charge in [0, 0.05) is 25.7 Å². The Bertz CT molecular complexity index is 1180. The summed E-state index contributed by atoms with van der Waals surface area (Å²) in [6.45, 7) is 9.72. The van der Waals surface area contributed by atoms with E-state index in [4.69, 9.17) is 14.5 Å². The number of anilines is 2. The fraction of sp³-hybridized carbons (Fsp3) is 0.520. The van der Waals surface area contributed by atoms with Gasteiger partial charge >= 0.3 is 6.09 Å². The lowest BCUT2D eigenvalue weighted by Gasteiger charge is -2.40. The smallest absolute Gasteiger partial charge is 0.408 e. The molecule has 1 aliphatic heterocycles. The molecule has 0 aliphatic carbocycles. The van der Waals surface area contributed by atoms with Crippen molar-refractivity contribution in [1.29, 1.82) is 0 Å². The third-order valence-corrected chi connectivity index (χ3v) is 6.15. The molecule has 3 heterocycles. The summed E-state index contributed by atoms with van der Waals surface area (Å²) in [7, 11) is 3.49. The minimum atomic E-state index is -0.521. The Kier molecular flexibility index (Phi) is 6.73. The number of methoxy groups -OCH3 is 1. The number of fused-ring (bicyclic) bond motifs is 1. The van der Waals surface area contributed by atoms with Crippen molar-refractivity contribution in [1.82, 2.24) is 25.1 Å². The number of ether oxygens (including phenoxy) is 2. The van der Waals surface area contributed by atoms with E-state index in [1.165, 1.54) is 0 Å².